The molecule has 1 atom stereocenters. The van der Waals surface area contributed by atoms with Crippen molar-refractivity contribution in [1.29, 1.82) is 5.26 Å². The predicted octanol–water partition coefficient (Wildman–Crippen LogP) is 7.75. The summed E-state index contributed by atoms with van der Waals surface area (Å²) in [6.45, 7) is 7.46. The average molecular weight is 537 g/mol. The Bertz CT molecular complexity index is 1460. The van der Waals surface area contributed by atoms with Crippen molar-refractivity contribution in [3.63, 3.8) is 0 Å². The first-order valence-corrected chi connectivity index (χ1v) is 12.8. The molecule has 2 N–H and O–H groups in total. The van der Waals surface area contributed by atoms with Gasteiger partial charge >= 0.3 is 0 Å². The van der Waals surface area contributed by atoms with Crippen LogP contribution in [-0.4, -0.2) is 22.4 Å². The number of nitrogens with zero attached hydrogens (tertiary/aromatic N) is 3. The lowest BCUT2D eigenvalue weighted by molar-refractivity contribution is 0.269. The van der Waals surface area contributed by atoms with Crippen LogP contribution in [0.4, 0.5) is 14.5 Å². The second-order valence-electron chi connectivity index (χ2n) is 9.14. The number of allylic oxidation sites excluding steroid dienone is 3. The number of nitriles is 1. The minimum Gasteiger partial charge on any atom is -0.396 e. The van der Waals surface area contributed by atoms with Crippen LogP contribution < -0.4 is 5.32 Å². The normalized spacial score (nSPS) is 13.2. The molecule has 0 aliphatic carbocycles. The number of hydrogen-bond acceptors (Lipinski definition) is 5. The quantitative estimate of drug-likeness (QED) is 0.205. The molecule has 5 nitrogen and oxygen atoms in total. The fourth-order valence-corrected chi connectivity index (χ4v) is 3.95. The van der Waals surface area contributed by atoms with Crippen molar-refractivity contribution < 1.29 is 13.9 Å². The fourth-order valence-electron chi connectivity index (χ4n) is 3.74. The number of aromatic nitrogens is 1. The Morgan fingerprint density at radius 3 is 2.71 bits per heavy atom. The van der Waals surface area contributed by atoms with Crippen molar-refractivity contribution in [2.45, 2.75) is 47.1 Å². The first-order chi connectivity index (χ1) is 18.2. The Labute approximate surface area is 227 Å². The standard InChI is InChI=1S/C30H31ClF2N4O/c1-5-6-7-8-22(15-35-19(3)18(2)17-38)23-12-25-29(27(33)13-23)37-20(4)28(31)30(25)36-16-24-11-21(14-34)9-10-26(24)32/h7-13,15,18,38H,5-6,16-17H2,1-4H3,(H,36,37)/b8-7+,22-15+,35-19?. The van der Waals surface area contributed by atoms with Crippen molar-refractivity contribution in [3.8, 4) is 6.07 Å². The highest BCUT2D eigenvalue weighted by molar-refractivity contribution is 6.35. The molecule has 1 unspecified atom stereocenters. The van der Waals surface area contributed by atoms with E-state index in [4.69, 9.17) is 11.6 Å². The van der Waals surface area contributed by atoms with Gasteiger partial charge in [0.2, 0.25) is 0 Å². The molecule has 198 valence electrons. The number of aliphatic hydroxyl groups excluding tert-OH is 1. The van der Waals surface area contributed by atoms with E-state index in [0.29, 0.717) is 38.5 Å². The minimum atomic E-state index is -0.530. The maximum Gasteiger partial charge on any atom is 0.150 e. The number of hydrogen-bond donors (Lipinski definition) is 2. The van der Waals surface area contributed by atoms with E-state index in [0.717, 1.165) is 18.6 Å². The average Bonchev–Trinajstić information content (AvgIpc) is 2.91. The molecule has 1 aromatic heterocycles. The molecular formula is C30H31ClF2N4O. The Morgan fingerprint density at radius 1 is 1.26 bits per heavy atom. The monoisotopic (exact) mass is 536 g/mol. The number of aryl methyl sites for hydroxylation is 1. The molecule has 1 heterocycles. The number of fused-ring (bicyclic) bond motifs is 1. The van der Waals surface area contributed by atoms with Crippen LogP contribution in [0.25, 0.3) is 16.5 Å². The van der Waals surface area contributed by atoms with Gasteiger partial charge in [-0.25, -0.2) is 13.8 Å². The van der Waals surface area contributed by atoms with Gasteiger partial charge in [0.1, 0.15) is 17.2 Å². The van der Waals surface area contributed by atoms with E-state index in [-0.39, 0.29) is 30.1 Å². The molecule has 0 aliphatic rings. The SMILES string of the molecule is CCC/C=C/C(=C\N=C(C)C(C)CO)c1cc(F)c2nc(C)c(Cl)c(NCc3cc(C#N)ccc3F)c2c1. The number of rotatable bonds is 10. The van der Waals surface area contributed by atoms with Crippen LogP contribution in [0.2, 0.25) is 5.02 Å². The van der Waals surface area contributed by atoms with Crippen molar-refractivity contribution in [2.24, 2.45) is 10.9 Å². The zero-order valence-corrected chi connectivity index (χ0v) is 22.7. The largest absolute Gasteiger partial charge is 0.396 e. The second-order valence-corrected chi connectivity index (χ2v) is 9.52. The van der Waals surface area contributed by atoms with Gasteiger partial charge in [-0.15, -0.1) is 0 Å². The van der Waals surface area contributed by atoms with Gasteiger partial charge in [0, 0.05) is 35.3 Å². The Kier molecular flexibility index (Phi) is 10.1. The molecular weight excluding hydrogens is 506 g/mol. The van der Waals surface area contributed by atoms with Gasteiger partial charge in [-0.2, -0.15) is 5.26 Å². The molecule has 0 aliphatic heterocycles. The summed E-state index contributed by atoms with van der Waals surface area (Å²) < 4.78 is 29.9. The molecule has 3 rings (SSSR count). The predicted molar refractivity (Wildman–Crippen MR) is 151 cm³/mol. The topological polar surface area (TPSA) is 81.3 Å². The van der Waals surface area contributed by atoms with Gasteiger partial charge < -0.3 is 10.4 Å². The lowest BCUT2D eigenvalue weighted by atomic mass is 10.0. The van der Waals surface area contributed by atoms with Crippen molar-refractivity contribution >= 4 is 39.5 Å². The summed E-state index contributed by atoms with van der Waals surface area (Å²) >= 11 is 6.61. The number of pyridine rings is 1. The van der Waals surface area contributed by atoms with Gasteiger partial charge in [0.05, 0.1) is 34.6 Å². The van der Waals surface area contributed by atoms with E-state index in [1.54, 1.807) is 19.2 Å². The lowest BCUT2D eigenvalue weighted by Gasteiger charge is -2.16. The summed E-state index contributed by atoms with van der Waals surface area (Å²) in [4.78, 5) is 8.87. The summed E-state index contributed by atoms with van der Waals surface area (Å²) in [5.41, 5.74) is 3.59. The highest BCUT2D eigenvalue weighted by Gasteiger charge is 2.17. The lowest BCUT2D eigenvalue weighted by Crippen LogP contribution is -2.10. The van der Waals surface area contributed by atoms with Crippen LogP contribution in [0.5, 0.6) is 0 Å². The van der Waals surface area contributed by atoms with Crippen molar-refractivity contribution in [1.82, 2.24) is 4.98 Å². The van der Waals surface area contributed by atoms with Crippen LogP contribution in [-0.2, 0) is 6.54 Å². The molecule has 0 amide bonds. The Balaban J connectivity index is 2.15. The van der Waals surface area contributed by atoms with E-state index < -0.39 is 11.6 Å². The first-order valence-electron chi connectivity index (χ1n) is 12.4. The number of nitrogens with one attached hydrogen (secondary N) is 1. The number of benzene rings is 2. The summed E-state index contributed by atoms with van der Waals surface area (Å²) in [6.07, 6.45) is 7.35. The maximum atomic E-state index is 15.4. The second kappa shape index (κ2) is 13.3. The number of unbranched alkanes of at least 4 members (excludes halogenated alkanes) is 1. The van der Waals surface area contributed by atoms with Gasteiger partial charge in [-0.3, -0.25) is 4.99 Å². The van der Waals surface area contributed by atoms with Crippen LogP contribution >= 0.6 is 11.6 Å². The Morgan fingerprint density at radius 2 is 2.03 bits per heavy atom. The van der Waals surface area contributed by atoms with Crippen LogP contribution in [0, 0.1) is 35.8 Å². The van der Waals surface area contributed by atoms with E-state index in [2.05, 4.69) is 22.2 Å². The fraction of sp³-hybridized carbons (Fsp3) is 0.300. The smallest absolute Gasteiger partial charge is 0.150 e. The van der Waals surface area contributed by atoms with E-state index in [9.17, 15) is 14.8 Å². The zero-order valence-electron chi connectivity index (χ0n) is 21.9. The molecule has 0 radical (unpaired) electrons. The number of aliphatic hydroxyl groups is 1. The van der Waals surface area contributed by atoms with E-state index in [1.807, 2.05) is 32.1 Å². The third kappa shape index (κ3) is 6.83. The summed E-state index contributed by atoms with van der Waals surface area (Å²) in [5, 5.41) is 22.5. The van der Waals surface area contributed by atoms with Gasteiger partial charge in [0.15, 0.2) is 0 Å². The van der Waals surface area contributed by atoms with Crippen LogP contribution in [0.1, 0.15) is 56.0 Å². The molecule has 0 saturated carbocycles. The molecule has 0 fully saturated rings. The maximum absolute atomic E-state index is 15.4. The number of aliphatic imine (C=N–C) groups is 1. The van der Waals surface area contributed by atoms with Crippen LogP contribution in [0.15, 0.2) is 53.7 Å². The molecule has 3 aromatic rings. The number of halogens is 3. The zero-order chi connectivity index (χ0) is 27.8. The first kappa shape index (κ1) is 29.0. The van der Waals surface area contributed by atoms with Gasteiger partial charge in [-0.1, -0.05) is 44.0 Å². The molecule has 8 heteroatoms. The summed E-state index contributed by atoms with van der Waals surface area (Å²) in [5.74, 6) is -1.11. The summed E-state index contributed by atoms with van der Waals surface area (Å²) in [6, 6.07) is 9.31. The number of anilines is 1. The summed E-state index contributed by atoms with van der Waals surface area (Å²) in [7, 11) is 0. The molecule has 38 heavy (non-hydrogen) atoms. The Hall–Kier alpha value is -3.60. The molecule has 0 bridgehead atoms. The molecule has 0 saturated heterocycles. The van der Waals surface area contributed by atoms with E-state index in [1.165, 1.54) is 24.3 Å². The molecule has 2 aromatic carbocycles. The van der Waals surface area contributed by atoms with Gasteiger partial charge in [-0.05, 0) is 61.7 Å². The highest BCUT2D eigenvalue weighted by atomic mass is 35.5. The van der Waals surface area contributed by atoms with Crippen LogP contribution in [0.3, 0.4) is 0 Å². The van der Waals surface area contributed by atoms with Crippen molar-refractivity contribution in [3.05, 3.63) is 87.7 Å². The van der Waals surface area contributed by atoms with E-state index >= 15 is 4.39 Å². The van der Waals surface area contributed by atoms with Gasteiger partial charge in [0.25, 0.3) is 0 Å². The minimum absolute atomic E-state index is 0.0226. The molecule has 0 spiro atoms. The third-order valence-electron chi connectivity index (χ3n) is 6.26. The third-order valence-corrected chi connectivity index (χ3v) is 6.72. The highest BCUT2D eigenvalue weighted by Crippen LogP contribution is 2.36. The van der Waals surface area contributed by atoms with Crippen molar-refractivity contribution in [2.75, 3.05) is 11.9 Å².